The quantitative estimate of drug-likeness (QED) is 0.214. The Morgan fingerprint density at radius 3 is 2.42 bits per heavy atom. The number of hydrogen-bond acceptors (Lipinski definition) is 6. The van der Waals surface area contributed by atoms with Crippen molar-refractivity contribution in [1.82, 2.24) is 20.3 Å². The molecular weight excluding hydrogens is 416 g/mol. The first-order valence-corrected chi connectivity index (χ1v) is 13.6. The van der Waals surface area contributed by atoms with Gasteiger partial charge in [0.2, 0.25) is 0 Å². The predicted octanol–water partition coefficient (Wildman–Crippen LogP) is 5.04. The lowest BCUT2D eigenvalue weighted by atomic mass is 9.95. The summed E-state index contributed by atoms with van der Waals surface area (Å²) in [7, 11) is 0. The van der Waals surface area contributed by atoms with E-state index < -0.39 is 0 Å². The standard InChI is InChI=1S/C26H52N4O3/c1-5-8-10-11-13-25(12-9-6-2)22-27-15-18-31-20-21-32-19-16-30-26(23-28-29-30)14-17-33-24(4)7-3/h23-25,27H,5-22H2,1-4H3. The van der Waals surface area contributed by atoms with E-state index in [1.165, 1.54) is 51.4 Å². The second-order valence-corrected chi connectivity index (χ2v) is 9.07. The third-order valence-electron chi connectivity index (χ3n) is 6.14. The van der Waals surface area contributed by atoms with E-state index in [9.17, 15) is 0 Å². The Balaban J connectivity index is 2.01. The number of nitrogens with one attached hydrogen (secondary N) is 1. The smallest absolute Gasteiger partial charge is 0.0726 e. The summed E-state index contributed by atoms with van der Waals surface area (Å²) in [6, 6.07) is 0. The van der Waals surface area contributed by atoms with Crippen molar-refractivity contribution >= 4 is 0 Å². The Hall–Kier alpha value is -1.02. The number of hydrogen-bond donors (Lipinski definition) is 1. The highest BCUT2D eigenvalue weighted by Gasteiger charge is 2.08. The maximum Gasteiger partial charge on any atom is 0.0726 e. The summed E-state index contributed by atoms with van der Waals surface area (Å²) < 4.78 is 19.1. The third-order valence-corrected chi connectivity index (χ3v) is 6.14. The summed E-state index contributed by atoms with van der Waals surface area (Å²) in [4.78, 5) is 0. The van der Waals surface area contributed by atoms with E-state index >= 15 is 0 Å². The largest absolute Gasteiger partial charge is 0.378 e. The van der Waals surface area contributed by atoms with Crippen LogP contribution >= 0.6 is 0 Å². The molecular formula is C26H52N4O3. The minimum absolute atomic E-state index is 0.297. The monoisotopic (exact) mass is 468 g/mol. The van der Waals surface area contributed by atoms with E-state index in [-0.39, 0.29) is 0 Å². The first kappa shape index (κ1) is 30.0. The summed E-state index contributed by atoms with van der Waals surface area (Å²) in [5.74, 6) is 0.813. The molecule has 0 aliphatic heterocycles. The highest BCUT2D eigenvalue weighted by molar-refractivity contribution is 4.94. The summed E-state index contributed by atoms with van der Waals surface area (Å²) in [5, 5.41) is 11.8. The van der Waals surface area contributed by atoms with Crippen molar-refractivity contribution in [2.24, 2.45) is 5.92 Å². The molecule has 0 amide bonds. The summed E-state index contributed by atoms with van der Waals surface area (Å²) >= 11 is 0. The summed E-state index contributed by atoms with van der Waals surface area (Å²) in [6.45, 7) is 14.8. The lowest BCUT2D eigenvalue weighted by molar-refractivity contribution is 0.0439. The van der Waals surface area contributed by atoms with Crippen molar-refractivity contribution in [2.75, 3.05) is 46.1 Å². The number of nitrogens with zero attached hydrogens (tertiary/aromatic N) is 3. The minimum Gasteiger partial charge on any atom is -0.378 e. The van der Waals surface area contributed by atoms with Crippen molar-refractivity contribution in [2.45, 2.75) is 105 Å². The maximum atomic E-state index is 5.75. The topological polar surface area (TPSA) is 70.4 Å². The molecule has 33 heavy (non-hydrogen) atoms. The number of unbranched alkanes of at least 4 members (excludes halogenated alkanes) is 4. The first-order chi connectivity index (χ1) is 16.2. The van der Waals surface area contributed by atoms with Gasteiger partial charge in [-0.2, -0.15) is 0 Å². The van der Waals surface area contributed by atoms with Crippen molar-refractivity contribution in [3.8, 4) is 0 Å². The summed E-state index contributed by atoms with van der Waals surface area (Å²) in [5.41, 5.74) is 1.09. The normalized spacial score (nSPS) is 13.5. The SMILES string of the molecule is CCCCCCC(CCCC)CNCCOCCOCCn1nncc1CCOC(C)CC. The van der Waals surface area contributed by atoms with E-state index in [1.807, 2.05) is 10.9 Å². The second kappa shape index (κ2) is 21.5. The number of ether oxygens (including phenoxy) is 3. The van der Waals surface area contributed by atoms with Gasteiger partial charge in [0.15, 0.2) is 0 Å². The molecule has 1 heterocycles. The Labute approximate surface area is 203 Å². The van der Waals surface area contributed by atoms with E-state index in [2.05, 4.69) is 43.3 Å². The van der Waals surface area contributed by atoms with Crippen molar-refractivity contribution in [3.05, 3.63) is 11.9 Å². The zero-order valence-electron chi connectivity index (χ0n) is 22.0. The highest BCUT2D eigenvalue weighted by atomic mass is 16.5. The minimum atomic E-state index is 0.297. The molecule has 0 aromatic carbocycles. The predicted molar refractivity (Wildman–Crippen MR) is 136 cm³/mol. The van der Waals surface area contributed by atoms with E-state index in [1.54, 1.807) is 0 Å². The molecule has 1 aromatic heterocycles. The fourth-order valence-corrected chi connectivity index (χ4v) is 3.77. The molecule has 194 valence electrons. The van der Waals surface area contributed by atoms with Crippen LogP contribution in [0.3, 0.4) is 0 Å². The van der Waals surface area contributed by atoms with Gasteiger partial charge in [-0.1, -0.05) is 64.5 Å². The molecule has 0 saturated heterocycles. The van der Waals surface area contributed by atoms with Crippen molar-refractivity contribution in [3.63, 3.8) is 0 Å². The van der Waals surface area contributed by atoms with Gasteiger partial charge in [0.25, 0.3) is 0 Å². The lowest BCUT2D eigenvalue weighted by Gasteiger charge is -2.17. The van der Waals surface area contributed by atoms with Gasteiger partial charge in [-0.25, -0.2) is 4.68 Å². The molecule has 0 saturated carbocycles. The number of aromatic nitrogens is 3. The zero-order valence-corrected chi connectivity index (χ0v) is 22.0. The van der Waals surface area contributed by atoms with Crippen LogP contribution in [0.15, 0.2) is 6.20 Å². The van der Waals surface area contributed by atoms with Crippen molar-refractivity contribution < 1.29 is 14.2 Å². The van der Waals surface area contributed by atoms with Crippen LogP contribution in [0, 0.1) is 5.92 Å². The van der Waals surface area contributed by atoms with E-state index in [0.29, 0.717) is 39.1 Å². The van der Waals surface area contributed by atoms with Crippen LogP contribution in [0.2, 0.25) is 0 Å². The van der Waals surface area contributed by atoms with Gasteiger partial charge in [-0.3, -0.25) is 0 Å². The van der Waals surface area contributed by atoms with Crippen LogP contribution in [0.25, 0.3) is 0 Å². The fraction of sp³-hybridized carbons (Fsp3) is 0.923. The van der Waals surface area contributed by atoms with Crippen LogP contribution in [0.4, 0.5) is 0 Å². The molecule has 1 rings (SSSR count). The molecule has 0 bridgehead atoms. The van der Waals surface area contributed by atoms with E-state index in [4.69, 9.17) is 14.2 Å². The Morgan fingerprint density at radius 1 is 0.909 bits per heavy atom. The molecule has 1 aromatic rings. The zero-order chi connectivity index (χ0) is 24.0. The van der Waals surface area contributed by atoms with Crippen LogP contribution in [-0.2, 0) is 27.2 Å². The molecule has 2 unspecified atom stereocenters. The van der Waals surface area contributed by atoms with Gasteiger partial charge in [0.1, 0.15) is 0 Å². The van der Waals surface area contributed by atoms with Gasteiger partial charge >= 0.3 is 0 Å². The molecule has 0 spiro atoms. The van der Waals surface area contributed by atoms with Gasteiger partial charge in [0.05, 0.1) is 57.6 Å². The Bertz CT molecular complexity index is 541. The molecule has 1 N–H and O–H groups in total. The molecule has 0 aliphatic carbocycles. The van der Waals surface area contributed by atoms with E-state index in [0.717, 1.165) is 44.1 Å². The molecule has 2 atom stereocenters. The molecule has 7 heteroatoms. The molecule has 0 radical (unpaired) electrons. The summed E-state index contributed by atoms with van der Waals surface area (Å²) in [6.07, 6.45) is 14.8. The fourth-order valence-electron chi connectivity index (χ4n) is 3.77. The average molecular weight is 469 g/mol. The highest BCUT2D eigenvalue weighted by Crippen LogP contribution is 2.16. The van der Waals surface area contributed by atoms with Crippen LogP contribution in [0.1, 0.15) is 91.2 Å². The van der Waals surface area contributed by atoms with Gasteiger partial charge < -0.3 is 19.5 Å². The second-order valence-electron chi connectivity index (χ2n) is 9.07. The Morgan fingerprint density at radius 2 is 1.67 bits per heavy atom. The number of rotatable bonds is 24. The average Bonchev–Trinajstić information content (AvgIpc) is 3.27. The van der Waals surface area contributed by atoms with Crippen LogP contribution in [-0.4, -0.2) is 67.2 Å². The maximum absolute atomic E-state index is 5.75. The van der Waals surface area contributed by atoms with Gasteiger partial charge in [-0.05, 0) is 38.6 Å². The van der Waals surface area contributed by atoms with Gasteiger partial charge in [0, 0.05) is 13.0 Å². The molecule has 0 fully saturated rings. The van der Waals surface area contributed by atoms with Gasteiger partial charge in [-0.15, -0.1) is 5.10 Å². The third kappa shape index (κ3) is 16.3. The van der Waals surface area contributed by atoms with Crippen LogP contribution in [0.5, 0.6) is 0 Å². The molecule has 7 nitrogen and oxygen atoms in total. The molecule has 0 aliphatic rings. The Kier molecular flexibility index (Phi) is 19.6. The first-order valence-electron chi connectivity index (χ1n) is 13.6. The lowest BCUT2D eigenvalue weighted by Crippen LogP contribution is -2.27. The van der Waals surface area contributed by atoms with Crippen LogP contribution < -0.4 is 5.32 Å². The van der Waals surface area contributed by atoms with Crippen molar-refractivity contribution in [1.29, 1.82) is 0 Å².